The molecule has 0 unspecified atom stereocenters. The summed E-state index contributed by atoms with van der Waals surface area (Å²) in [6, 6.07) is 3.41. The predicted molar refractivity (Wildman–Crippen MR) is 128 cm³/mol. The Morgan fingerprint density at radius 2 is 1.76 bits per heavy atom. The molecule has 12 heteroatoms. The smallest absolute Gasteiger partial charge is 0.368 e. The molecule has 0 aromatic carbocycles. The Morgan fingerprint density at radius 1 is 1.03 bits per heavy atom. The van der Waals surface area contributed by atoms with Crippen LogP contribution in [0.3, 0.4) is 0 Å². The number of rotatable bonds is 4. The highest BCUT2D eigenvalue weighted by Crippen LogP contribution is 2.33. The second-order valence-corrected chi connectivity index (χ2v) is 9.09. The fourth-order valence-electron chi connectivity index (χ4n) is 4.85. The number of hydrogen-bond acceptors (Lipinski definition) is 7. The lowest BCUT2D eigenvalue weighted by molar-refractivity contribution is -0.142. The molecule has 37 heavy (non-hydrogen) atoms. The number of aromatic nitrogens is 6. The van der Waals surface area contributed by atoms with Gasteiger partial charge in [-0.15, -0.1) is 0 Å². The van der Waals surface area contributed by atoms with Crippen molar-refractivity contribution < 1.29 is 17.6 Å². The minimum atomic E-state index is -4.73. The van der Waals surface area contributed by atoms with Crippen LogP contribution in [0.25, 0.3) is 11.2 Å². The van der Waals surface area contributed by atoms with Gasteiger partial charge in [0.05, 0.1) is 23.6 Å². The predicted octanol–water partition coefficient (Wildman–Crippen LogP) is 4.18. The van der Waals surface area contributed by atoms with Crippen molar-refractivity contribution in [3.05, 3.63) is 81.4 Å². The average Bonchev–Trinajstić information content (AvgIpc) is 2.86. The average molecular weight is 513 g/mol. The SMILES string of the molecule is Cc1cnc2cc(C3CCN(c4c(C)ccnc4F)CC3)c(=O)n(Cc3nccnc3C(F)(F)F)c2n1. The minimum absolute atomic E-state index is 0.179. The van der Waals surface area contributed by atoms with E-state index >= 15 is 0 Å². The summed E-state index contributed by atoms with van der Waals surface area (Å²) in [5, 5.41) is 0. The molecule has 8 nitrogen and oxygen atoms in total. The standard InChI is InChI=1S/C25H23F4N7O/c1-14-3-6-32-22(26)20(14)35-9-4-16(5-10-35)17-11-18-23(34-15(2)12-33-18)36(24(17)37)13-19-21(25(27,28)29)31-8-7-30-19/h3,6-8,11-12,16H,4-5,9-10,13H2,1-2H3. The van der Waals surface area contributed by atoms with Gasteiger partial charge in [-0.3, -0.25) is 19.3 Å². The molecule has 4 aromatic rings. The molecule has 5 rings (SSSR count). The van der Waals surface area contributed by atoms with Crippen LogP contribution >= 0.6 is 0 Å². The van der Waals surface area contributed by atoms with E-state index in [2.05, 4.69) is 24.9 Å². The third-order valence-electron chi connectivity index (χ3n) is 6.62. The maximum Gasteiger partial charge on any atom is 0.435 e. The molecule has 0 radical (unpaired) electrons. The number of piperidine rings is 1. The van der Waals surface area contributed by atoms with E-state index in [9.17, 15) is 22.4 Å². The molecule has 0 aliphatic carbocycles. The molecule has 1 fully saturated rings. The first-order chi connectivity index (χ1) is 17.6. The van der Waals surface area contributed by atoms with E-state index in [1.807, 2.05) is 11.8 Å². The van der Waals surface area contributed by atoms with E-state index in [4.69, 9.17) is 0 Å². The Kier molecular flexibility index (Phi) is 6.34. The van der Waals surface area contributed by atoms with Gasteiger partial charge in [0.15, 0.2) is 11.3 Å². The molecule has 0 spiro atoms. The number of anilines is 1. The van der Waals surface area contributed by atoms with E-state index in [0.717, 1.165) is 18.0 Å². The highest BCUT2D eigenvalue weighted by Gasteiger charge is 2.36. The lowest BCUT2D eigenvalue weighted by atomic mass is 9.89. The van der Waals surface area contributed by atoms with Crippen LogP contribution in [0.15, 0.2) is 41.7 Å². The van der Waals surface area contributed by atoms with Gasteiger partial charge in [-0.25, -0.2) is 15.0 Å². The number of alkyl halides is 3. The van der Waals surface area contributed by atoms with Crippen molar-refractivity contribution in [3.63, 3.8) is 0 Å². The molecule has 1 aliphatic heterocycles. The number of fused-ring (bicyclic) bond motifs is 1. The first kappa shape index (κ1) is 24.7. The van der Waals surface area contributed by atoms with Crippen molar-refractivity contribution in [1.82, 2.24) is 29.5 Å². The Balaban J connectivity index is 1.53. The number of pyridine rings is 2. The Bertz CT molecular complexity index is 1510. The Morgan fingerprint density at radius 3 is 2.46 bits per heavy atom. The fourth-order valence-corrected chi connectivity index (χ4v) is 4.85. The Hall–Kier alpha value is -3.96. The zero-order chi connectivity index (χ0) is 26.3. The highest BCUT2D eigenvalue weighted by atomic mass is 19.4. The maximum atomic E-state index is 14.4. The normalized spacial score (nSPS) is 14.9. The highest BCUT2D eigenvalue weighted by molar-refractivity contribution is 5.71. The molecule has 0 N–H and O–H groups in total. The van der Waals surface area contributed by atoms with Gasteiger partial charge in [-0.05, 0) is 50.3 Å². The summed E-state index contributed by atoms with van der Waals surface area (Å²) >= 11 is 0. The molecule has 192 valence electrons. The molecule has 4 aromatic heterocycles. The van der Waals surface area contributed by atoms with E-state index in [0.29, 0.717) is 48.4 Å². The second kappa shape index (κ2) is 9.49. The summed E-state index contributed by atoms with van der Waals surface area (Å²) in [7, 11) is 0. The fraction of sp³-hybridized carbons (Fsp3) is 0.360. The van der Waals surface area contributed by atoms with Crippen LogP contribution < -0.4 is 10.5 Å². The number of hydrogen-bond donors (Lipinski definition) is 0. The van der Waals surface area contributed by atoms with Crippen LogP contribution in [0, 0.1) is 19.8 Å². The van der Waals surface area contributed by atoms with Crippen LogP contribution in [0.2, 0.25) is 0 Å². The first-order valence-electron chi connectivity index (χ1n) is 11.7. The third kappa shape index (κ3) is 4.75. The topological polar surface area (TPSA) is 89.7 Å². The van der Waals surface area contributed by atoms with Gasteiger partial charge in [-0.2, -0.15) is 17.6 Å². The molecular weight excluding hydrogens is 490 g/mol. The summed E-state index contributed by atoms with van der Waals surface area (Å²) in [4.78, 5) is 35.5. The number of nitrogens with zero attached hydrogens (tertiary/aromatic N) is 7. The number of halogens is 4. The van der Waals surface area contributed by atoms with Gasteiger partial charge in [0.1, 0.15) is 5.52 Å². The summed E-state index contributed by atoms with van der Waals surface area (Å²) in [6.07, 6.45) is 1.46. The lowest BCUT2D eigenvalue weighted by Gasteiger charge is -2.34. The maximum absolute atomic E-state index is 14.4. The van der Waals surface area contributed by atoms with Gasteiger partial charge < -0.3 is 4.90 Å². The van der Waals surface area contributed by atoms with Gasteiger partial charge in [0, 0.05) is 43.4 Å². The van der Waals surface area contributed by atoms with Gasteiger partial charge in [-0.1, -0.05) is 0 Å². The van der Waals surface area contributed by atoms with Crippen LogP contribution in [-0.2, 0) is 12.7 Å². The van der Waals surface area contributed by atoms with Crippen molar-refractivity contribution in [3.8, 4) is 0 Å². The van der Waals surface area contributed by atoms with Crippen molar-refractivity contribution in [1.29, 1.82) is 0 Å². The molecule has 0 saturated carbocycles. The summed E-state index contributed by atoms with van der Waals surface area (Å²) in [5.41, 5.74) is 0.770. The van der Waals surface area contributed by atoms with Crippen molar-refractivity contribution in [2.24, 2.45) is 0 Å². The van der Waals surface area contributed by atoms with Gasteiger partial charge in [0.25, 0.3) is 5.56 Å². The number of aryl methyl sites for hydroxylation is 2. The lowest BCUT2D eigenvalue weighted by Crippen LogP contribution is -2.37. The van der Waals surface area contributed by atoms with Gasteiger partial charge >= 0.3 is 6.18 Å². The van der Waals surface area contributed by atoms with E-state index in [1.165, 1.54) is 10.8 Å². The van der Waals surface area contributed by atoms with E-state index in [-0.39, 0.29) is 17.3 Å². The molecule has 5 heterocycles. The van der Waals surface area contributed by atoms with Crippen LogP contribution in [0.1, 0.15) is 47.0 Å². The van der Waals surface area contributed by atoms with Crippen LogP contribution in [0.5, 0.6) is 0 Å². The van der Waals surface area contributed by atoms with Gasteiger partial charge in [0.2, 0.25) is 5.95 Å². The molecule has 0 atom stereocenters. The van der Waals surface area contributed by atoms with Crippen molar-refractivity contribution in [2.75, 3.05) is 18.0 Å². The Labute approximate surface area is 209 Å². The van der Waals surface area contributed by atoms with Crippen LogP contribution in [-0.4, -0.2) is 42.6 Å². The molecular formula is C25H23F4N7O. The van der Waals surface area contributed by atoms with E-state index < -0.39 is 29.9 Å². The summed E-state index contributed by atoms with van der Waals surface area (Å²) in [6.45, 7) is 4.04. The molecule has 0 bridgehead atoms. The summed E-state index contributed by atoms with van der Waals surface area (Å²) in [5.74, 6) is -0.729. The zero-order valence-corrected chi connectivity index (χ0v) is 20.1. The second-order valence-electron chi connectivity index (χ2n) is 9.09. The zero-order valence-electron chi connectivity index (χ0n) is 20.1. The molecule has 1 aliphatic rings. The monoisotopic (exact) mass is 513 g/mol. The summed E-state index contributed by atoms with van der Waals surface area (Å²) < 4.78 is 56.3. The quantitative estimate of drug-likeness (QED) is 0.299. The largest absolute Gasteiger partial charge is 0.435 e. The first-order valence-corrected chi connectivity index (χ1v) is 11.7. The molecule has 0 amide bonds. The molecule has 1 saturated heterocycles. The van der Waals surface area contributed by atoms with Crippen molar-refractivity contribution >= 4 is 16.9 Å². The minimum Gasteiger partial charge on any atom is -0.368 e. The van der Waals surface area contributed by atoms with E-state index in [1.54, 1.807) is 25.3 Å². The van der Waals surface area contributed by atoms with Crippen molar-refractivity contribution in [2.45, 2.75) is 45.3 Å². The third-order valence-corrected chi connectivity index (χ3v) is 6.62. The van der Waals surface area contributed by atoms with Crippen LogP contribution in [0.4, 0.5) is 23.2 Å².